The number of esters is 4. The Bertz CT molecular complexity index is 2590. The van der Waals surface area contributed by atoms with E-state index in [1.165, 1.54) is 70.6 Å². The lowest BCUT2D eigenvalue weighted by Crippen LogP contribution is -2.30. The summed E-state index contributed by atoms with van der Waals surface area (Å²) in [6.07, 6.45) is 88.3. The third-order valence-corrected chi connectivity index (χ3v) is 17.9. The molecule has 3 N–H and O–H groups in total. The number of unbranched alkanes of at least 4 members (excludes halogenated alkanes) is 21. The number of carbonyl (C=O) groups is 4. The molecule has 3 unspecified atom stereocenters. The van der Waals surface area contributed by atoms with Crippen molar-refractivity contribution >= 4 is 39.5 Å². The molecule has 0 radical (unpaired) electrons. The summed E-state index contributed by atoms with van der Waals surface area (Å²) in [5.74, 6) is -2.40. The molecule has 0 aromatic carbocycles. The van der Waals surface area contributed by atoms with Crippen molar-refractivity contribution in [2.24, 2.45) is 0 Å². The largest absolute Gasteiger partial charge is 0.472 e. The first kappa shape index (κ1) is 98.7. The molecule has 0 aliphatic carbocycles. The first-order chi connectivity index (χ1) is 50.7. The van der Waals surface area contributed by atoms with E-state index in [2.05, 4.69) is 149 Å². The van der Waals surface area contributed by atoms with Gasteiger partial charge < -0.3 is 33.8 Å². The zero-order valence-electron chi connectivity index (χ0n) is 64.6. The van der Waals surface area contributed by atoms with Crippen LogP contribution < -0.4 is 0 Å². The highest BCUT2D eigenvalue weighted by Gasteiger charge is 2.30. The zero-order chi connectivity index (χ0) is 76.0. The Kier molecular flexibility index (Phi) is 72.0. The van der Waals surface area contributed by atoms with Crippen LogP contribution in [-0.4, -0.2) is 96.7 Å². The van der Waals surface area contributed by atoms with E-state index in [0.717, 1.165) is 135 Å². The second-order valence-corrected chi connectivity index (χ2v) is 28.8. The SMILES string of the molecule is CC/C=C\C/C=C\C/C=C\C/C=C\C/C=C\C/C=C\CCC(=O)O[C@H](COC(=O)CCCCCCC/C=C\CCCCCC)COP(=O)(O)OCC(O)COP(=O)(O)OC[C@@H](COC(=O)CC/C=C\C/C=C\C/C=C\C/C=C\C/C=C\CCCCC)OC(=O)CCCCCCC/C=C\CCCCCC. The summed E-state index contributed by atoms with van der Waals surface area (Å²) in [6.45, 7) is 4.50. The highest BCUT2D eigenvalue weighted by Crippen LogP contribution is 2.45. The van der Waals surface area contributed by atoms with Crippen LogP contribution in [0.1, 0.15) is 297 Å². The van der Waals surface area contributed by atoms with Gasteiger partial charge in [-0.25, -0.2) is 9.13 Å². The minimum absolute atomic E-state index is 0.0306. The van der Waals surface area contributed by atoms with E-state index < -0.39 is 97.5 Å². The lowest BCUT2D eigenvalue weighted by atomic mass is 10.1. The van der Waals surface area contributed by atoms with Crippen molar-refractivity contribution < 1.29 is 80.2 Å². The number of hydrogen-bond acceptors (Lipinski definition) is 15. The monoisotopic (exact) mass is 1490 g/mol. The Morgan fingerprint density at radius 3 is 0.875 bits per heavy atom. The van der Waals surface area contributed by atoms with Gasteiger partial charge in [-0.15, -0.1) is 0 Å². The van der Waals surface area contributed by atoms with Gasteiger partial charge in [-0.3, -0.25) is 37.3 Å². The van der Waals surface area contributed by atoms with Gasteiger partial charge in [-0.1, -0.05) is 276 Å². The Balaban J connectivity index is 5.49. The van der Waals surface area contributed by atoms with Crippen LogP contribution >= 0.6 is 15.6 Å². The maximum Gasteiger partial charge on any atom is 0.472 e. The van der Waals surface area contributed by atoms with Crippen LogP contribution in [-0.2, 0) is 65.4 Å². The summed E-state index contributed by atoms with van der Waals surface area (Å²) in [5, 5.41) is 10.6. The van der Waals surface area contributed by atoms with Crippen LogP contribution in [0.2, 0.25) is 0 Å². The number of phosphoric acid groups is 2. The molecule has 0 aromatic heterocycles. The number of aliphatic hydroxyl groups excluding tert-OH is 1. The van der Waals surface area contributed by atoms with Gasteiger partial charge in [0.05, 0.1) is 26.4 Å². The van der Waals surface area contributed by atoms with Crippen molar-refractivity contribution in [1.82, 2.24) is 0 Å². The smallest absolute Gasteiger partial charge is 0.462 e. The summed E-state index contributed by atoms with van der Waals surface area (Å²) in [7, 11) is -10.0. The predicted molar refractivity (Wildman–Crippen MR) is 427 cm³/mol. The van der Waals surface area contributed by atoms with Gasteiger partial charge in [0.25, 0.3) is 0 Å². The van der Waals surface area contributed by atoms with Gasteiger partial charge in [-0.2, -0.15) is 0 Å². The number of ether oxygens (including phenoxy) is 4. The summed E-state index contributed by atoms with van der Waals surface area (Å²) in [4.78, 5) is 72.9. The second-order valence-electron chi connectivity index (χ2n) is 25.9. The molecule has 0 aliphatic rings. The topological polar surface area (TPSA) is 237 Å². The van der Waals surface area contributed by atoms with Crippen molar-refractivity contribution in [3.8, 4) is 0 Å². The maximum absolute atomic E-state index is 13.1. The molecule has 17 nitrogen and oxygen atoms in total. The lowest BCUT2D eigenvalue weighted by molar-refractivity contribution is -0.161. The molecule has 0 fully saturated rings. The average molecular weight is 1500 g/mol. The van der Waals surface area contributed by atoms with Gasteiger partial charge in [0, 0.05) is 25.7 Å². The normalized spacial score (nSPS) is 14.7. The van der Waals surface area contributed by atoms with Crippen LogP contribution in [0.25, 0.3) is 0 Å². The summed E-state index contributed by atoms with van der Waals surface area (Å²) in [6, 6.07) is 0. The molecular weight excluding hydrogens is 1350 g/mol. The van der Waals surface area contributed by atoms with Crippen molar-refractivity contribution in [2.75, 3.05) is 39.6 Å². The highest BCUT2D eigenvalue weighted by atomic mass is 31.2. The Morgan fingerprint density at radius 2 is 0.519 bits per heavy atom. The van der Waals surface area contributed by atoms with Crippen molar-refractivity contribution in [2.45, 2.75) is 316 Å². The molecule has 0 saturated carbocycles. The molecule has 0 rings (SSSR count). The Labute approximate surface area is 629 Å². The predicted octanol–water partition coefficient (Wildman–Crippen LogP) is 23.2. The molecule has 592 valence electrons. The fraction of sp³-hybridized carbons (Fsp3) is 0.647. The second kappa shape index (κ2) is 75.9. The van der Waals surface area contributed by atoms with E-state index in [0.29, 0.717) is 38.5 Å². The van der Waals surface area contributed by atoms with Crippen LogP contribution in [0.4, 0.5) is 0 Å². The first-order valence-electron chi connectivity index (χ1n) is 39.7. The maximum atomic E-state index is 13.1. The average Bonchev–Trinajstić information content (AvgIpc) is 0.913. The highest BCUT2D eigenvalue weighted by molar-refractivity contribution is 7.47. The van der Waals surface area contributed by atoms with Crippen LogP contribution in [0.3, 0.4) is 0 Å². The molecule has 0 aromatic rings. The molecule has 19 heteroatoms. The van der Waals surface area contributed by atoms with Crippen molar-refractivity contribution in [1.29, 1.82) is 0 Å². The number of hydrogen-bond donors (Lipinski definition) is 3. The Hall–Kier alpha value is -5.32. The first-order valence-corrected chi connectivity index (χ1v) is 42.7. The van der Waals surface area contributed by atoms with E-state index in [9.17, 15) is 43.2 Å². The number of allylic oxidation sites excluding steroid dienone is 26. The summed E-state index contributed by atoms with van der Waals surface area (Å²) >= 11 is 0. The Morgan fingerprint density at radius 1 is 0.279 bits per heavy atom. The van der Waals surface area contributed by atoms with E-state index in [1.54, 1.807) is 0 Å². The molecule has 0 amide bonds. The lowest BCUT2D eigenvalue weighted by Gasteiger charge is -2.21. The number of carbonyl (C=O) groups excluding carboxylic acids is 4. The van der Waals surface area contributed by atoms with Gasteiger partial charge in [0.2, 0.25) is 0 Å². The molecule has 0 bridgehead atoms. The molecule has 0 heterocycles. The van der Waals surface area contributed by atoms with E-state index in [1.807, 2.05) is 36.5 Å². The van der Waals surface area contributed by atoms with Crippen molar-refractivity contribution in [3.05, 3.63) is 158 Å². The zero-order valence-corrected chi connectivity index (χ0v) is 66.4. The van der Waals surface area contributed by atoms with Crippen LogP contribution in [0.5, 0.6) is 0 Å². The van der Waals surface area contributed by atoms with Crippen LogP contribution in [0, 0.1) is 0 Å². The number of aliphatic hydroxyl groups is 1. The van der Waals surface area contributed by atoms with E-state index >= 15 is 0 Å². The van der Waals surface area contributed by atoms with Gasteiger partial charge >= 0.3 is 39.5 Å². The molecular formula is C85H140O17P2. The molecule has 0 saturated heterocycles. The fourth-order valence-corrected chi connectivity index (χ4v) is 11.5. The third-order valence-electron chi connectivity index (χ3n) is 16.0. The fourth-order valence-electron chi connectivity index (χ4n) is 9.92. The number of phosphoric ester groups is 2. The van der Waals surface area contributed by atoms with Gasteiger partial charge in [-0.05, 0) is 154 Å². The quantitative estimate of drug-likeness (QED) is 0.0169. The number of rotatable bonds is 73. The van der Waals surface area contributed by atoms with Crippen LogP contribution in [0.15, 0.2) is 158 Å². The summed E-state index contributed by atoms with van der Waals surface area (Å²) < 4.78 is 68.4. The molecule has 104 heavy (non-hydrogen) atoms. The van der Waals surface area contributed by atoms with Crippen molar-refractivity contribution in [3.63, 3.8) is 0 Å². The minimum atomic E-state index is -5.01. The molecule has 0 spiro atoms. The van der Waals surface area contributed by atoms with E-state index in [-0.39, 0.29) is 25.7 Å². The minimum Gasteiger partial charge on any atom is -0.462 e. The van der Waals surface area contributed by atoms with Gasteiger partial charge in [0.15, 0.2) is 12.2 Å². The van der Waals surface area contributed by atoms with Gasteiger partial charge in [0.1, 0.15) is 19.3 Å². The molecule has 0 aliphatic heterocycles. The summed E-state index contributed by atoms with van der Waals surface area (Å²) in [5.41, 5.74) is 0. The third kappa shape index (κ3) is 74.9. The standard InChI is InChI=1S/C85H140O17P2/c1-5-9-13-17-21-25-29-33-35-37-39-41-43-47-50-54-58-62-66-70-83(88)96-76-80(101-84(89)71-67-63-59-55-51-46-32-28-24-20-16-12-8-4)77-99-103(91,92)97-73-79(86)74-98-104(93,94)100-78-81(75-95-82(87)69-65-61-57-53-49-45-31-27-23-19-15-11-7-3)102-85(90)72-68-64-60-56-52-48-44-42-40-38-36-34-30-26-22-18-14-10-6-2/h10,14,21-22,25-28,31-36,39-42,47-48,50,52,58,60,62,64,79-81,86H,5-9,11-13,15-20,23-24,29-30,37-38,43-46,49,51,53-57,59,61,63,65-78H2,1-4H3,(H,91,92)(H,93,94)/b14-10-,25-21-,26-22-,31-27-,32-28-,35-33-,36-34-,41-39-,42-40-,50-47-,52-48-,62-58-,64-60-/t79?,80-,81-/m1/s1. The molecule has 5 atom stereocenters. The van der Waals surface area contributed by atoms with E-state index in [4.69, 9.17) is 37.0 Å².